The van der Waals surface area contributed by atoms with E-state index < -0.39 is 0 Å². The second-order valence-corrected chi connectivity index (χ2v) is 6.40. The Morgan fingerprint density at radius 3 is 2.00 bits per heavy atom. The third-order valence-corrected chi connectivity index (χ3v) is 4.43. The van der Waals surface area contributed by atoms with Crippen molar-refractivity contribution in [2.75, 3.05) is 42.0 Å². The van der Waals surface area contributed by atoms with Gasteiger partial charge in [0.1, 0.15) is 23.4 Å². The van der Waals surface area contributed by atoms with Crippen LogP contribution in [0.15, 0.2) is 41.4 Å². The average Bonchev–Trinajstić information content (AvgIpc) is 2.78. The zero-order valence-corrected chi connectivity index (χ0v) is 18.4. The van der Waals surface area contributed by atoms with E-state index in [1.54, 1.807) is 35.5 Å². The van der Waals surface area contributed by atoms with E-state index in [0.717, 1.165) is 5.56 Å². The Morgan fingerprint density at radius 1 is 0.867 bits per heavy atom. The summed E-state index contributed by atoms with van der Waals surface area (Å²) in [5.74, 6) is 4.03. The average molecular weight is 418 g/mol. The molecule has 0 bridgehead atoms. The van der Waals surface area contributed by atoms with E-state index in [2.05, 4.69) is 15.6 Å². The highest BCUT2D eigenvalue weighted by Crippen LogP contribution is 2.33. The maximum Gasteiger partial charge on any atom is 0.191 e. The van der Waals surface area contributed by atoms with Gasteiger partial charge in [-0.25, -0.2) is 0 Å². The summed E-state index contributed by atoms with van der Waals surface area (Å²) in [5.41, 5.74) is 0.863. The third kappa shape index (κ3) is 6.10. The Balaban J connectivity index is 1.97. The molecule has 2 aromatic rings. The van der Waals surface area contributed by atoms with Crippen LogP contribution < -0.4 is 34.3 Å². The standard InChI is InChI=1S/C22H31N3O5/c1-15(30-19-10-8-7-9-18(19)27-4)13-24-22(23-2)25-14-17-20(28-5)11-16(26-3)12-21(17)29-6/h7-12,15H,13-14H2,1-6H3,(H2,23,24,25). The summed E-state index contributed by atoms with van der Waals surface area (Å²) in [6, 6.07) is 11.2. The molecule has 2 N–H and O–H groups in total. The molecule has 1 atom stereocenters. The zero-order chi connectivity index (χ0) is 21.9. The number of hydrogen-bond acceptors (Lipinski definition) is 6. The molecule has 0 fully saturated rings. The molecule has 1 unspecified atom stereocenters. The second-order valence-electron chi connectivity index (χ2n) is 6.40. The molecule has 0 spiro atoms. The number of rotatable bonds is 10. The van der Waals surface area contributed by atoms with E-state index in [9.17, 15) is 0 Å². The lowest BCUT2D eigenvalue weighted by atomic mass is 10.1. The van der Waals surface area contributed by atoms with Crippen LogP contribution in [0.4, 0.5) is 0 Å². The number of hydrogen-bond donors (Lipinski definition) is 2. The van der Waals surface area contributed by atoms with Crippen molar-refractivity contribution in [3.8, 4) is 28.7 Å². The van der Waals surface area contributed by atoms with Gasteiger partial charge in [-0.05, 0) is 19.1 Å². The molecule has 8 heteroatoms. The zero-order valence-electron chi connectivity index (χ0n) is 18.4. The minimum atomic E-state index is -0.107. The fourth-order valence-electron chi connectivity index (χ4n) is 2.86. The summed E-state index contributed by atoms with van der Waals surface area (Å²) in [6.45, 7) is 2.98. The number of nitrogens with zero attached hydrogens (tertiary/aromatic N) is 1. The van der Waals surface area contributed by atoms with Gasteiger partial charge in [0.2, 0.25) is 0 Å². The van der Waals surface area contributed by atoms with E-state index in [0.29, 0.717) is 47.8 Å². The Kier molecular flexibility index (Phi) is 8.93. The number of nitrogens with one attached hydrogen (secondary N) is 2. The summed E-state index contributed by atoms with van der Waals surface area (Å²) >= 11 is 0. The quantitative estimate of drug-likeness (QED) is 0.454. The number of methoxy groups -OCH3 is 4. The molecule has 30 heavy (non-hydrogen) atoms. The highest BCUT2D eigenvalue weighted by molar-refractivity contribution is 5.79. The van der Waals surface area contributed by atoms with E-state index >= 15 is 0 Å². The Morgan fingerprint density at radius 2 is 1.47 bits per heavy atom. The Labute approximate surface area is 178 Å². The molecule has 0 saturated heterocycles. The van der Waals surface area contributed by atoms with Gasteiger partial charge in [-0.15, -0.1) is 0 Å². The fourth-order valence-corrected chi connectivity index (χ4v) is 2.86. The van der Waals surface area contributed by atoms with Crippen molar-refractivity contribution >= 4 is 5.96 Å². The Hall–Kier alpha value is -3.29. The molecule has 0 aliphatic rings. The van der Waals surface area contributed by atoms with Crippen LogP contribution in [-0.4, -0.2) is 54.1 Å². The monoisotopic (exact) mass is 417 g/mol. The molecule has 0 heterocycles. The minimum absolute atomic E-state index is 0.107. The van der Waals surface area contributed by atoms with Crippen LogP contribution in [-0.2, 0) is 6.54 Å². The summed E-state index contributed by atoms with van der Waals surface area (Å²) in [6.07, 6.45) is -0.107. The lowest BCUT2D eigenvalue weighted by Gasteiger charge is -2.20. The molecule has 2 aromatic carbocycles. The Bertz CT molecular complexity index is 816. The molecular weight excluding hydrogens is 386 g/mol. The van der Waals surface area contributed by atoms with Crippen molar-refractivity contribution in [2.24, 2.45) is 4.99 Å². The highest BCUT2D eigenvalue weighted by atomic mass is 16.5. The maximum absolute atomic E-state index is 5.97. The first kappa shape index (κ1) is 23.0. The third-order valence-electron chi connectivity index (χ3n) is 4.43. The van der Waals surface area contributed by atoms with E-state index in [1.165, 1.54) is 0 Å². The van der Waals surface area contributed by atoms with E-state index in [1.807, 2.05) is 43.3 Å². The van der Waals surface area contributed by atoms with Gasteiger partial charge in [0, 0.05) is 19.2 Å². The minimum Gasteiger partial charge on any atom is -0.496 e. The summed E-state index contributed by atoms with van der Waals surface area (Å²) < 4.78 is 27.6. The van der Waals surface area contributed by atoms with Crippen LogP contribution in [0, 0.1) is 0 Å². The molecular formula is C22H31N3O5. The first-order valence-electron chi connectivity index (χ1n) is 9.59. The highest BCUT2D eigenvalue weighted by Gasteiger charge is 2.14. The van der Waals surface area contributed by atoms with Crippen molar-refractivity contribution in [1.82, 2.24) is 10.6 Å². The number of guanidine groups is 1. The largest absolute Gasteiger partial charge is 0.496 e. The van der Waals surface area contributed by atoms with Crippen LogP contribution >= 0.6 is 0 Å². The number of para-hydroxylation sites is 2. The van der Waals surface area contributed by atoms with Crippen molar-refractivity contribution in [2.45, 2.75) is 19.6 Å². The van der Waals surface area contributed by atoms with Crippen LogP contribution in [0.25, 0.3) is 0 Å². The summed E-state index contributed by atoms with van der Waals surface area (Å²) in [4.78, 5) is 4.27. The molecule has 8 nitrogen and oxygen atoms in total. The van der Waals surface area contributed by atoms with Crippen molar-refractivity contribution in [1.29, 1.82) is 0 Å². The molecule has 164 valence electrons. The fraction of sp³-hybridized carbons (Fsp3) is 0.409. The van der Waals surface area contributed by atoms with Crippen molar-refractivity contribution < 1.29 is 23.7 Å². The van der Waals surface area contributed by atoms with E-state index in [-0.39, 0.29) is 6.10 Å². The van der Waals surface area contributed by atoms with Gasteiger partial charge in [-0.3, -0.25) is 4.99 Å². The van der Waals surface area contributed by atoms with Gasteiger partial charge >= 0.3 is 0 Å². The van der Waals surface area contributed by atoms with Crippen LogP contribution in [0.5, 0.6) is 28.7 Å². The SMILES string of the molecule is CN=C(NCc1c(OC)cc(OC)cc1OC)NCC(C)Oc1ccccc1OC. The normalized spacial score (nSPS) is 12.0. The number of benzene rings is 2. The van der Waals surface area contributed by atoms with Gasteiger partial charge in [0.25, 0.3) is 0 Å². The molecule has 0 aromatic heterocycles. The predicted molar refractivity (Wildman–Crippen MR) is 117 cm³/mol. The van der Waals surface area contributed by atoms with Crippen LogP contribution in [0.1, 0.15) is 12.5 Å². The van der Waals surface area contributed by atoms with Crippen molar-refractivity contribution in [3.05, 3.63) is 42.0 Å². The van der Waals surface area contributed by atoms with Crippen LogP contribution in [0.3, 0.4) is 0 Å². The van der Waals surface area contributed by atoms with Crippen LogP contribution in [0.2, 0.25) is 0 Å². The molecule has 2 rings (SSSR count). The molecule has 0 saturated carbocycles. The second kappa shape index (κ2) is 11.6. The number of aliphatic imine (C=N–C) groups is 1. The molecule has 0 amide bonds. The molecule has 0 radical (unpaired) electrons. The first-order valence-corrected chi connectivity index (χ1v) is 9.59. The lowest BCUT2D eigenvalue weighted by Crippen LogP contribution is -2.41. The maximum atomic E-state index is 5.97. The van der Waals surface area contributed by atoms with E-state index in [4.69, 9.17) is 23.7 Å². The van der Waals surface area contributed by atoms with Gasteiger partial charge in [-0.2, -0.15) is 0 Å². The van der Waals surface area contributed by atoms with Gasteiger partial charge < -0.3 is 34.3 Å². The van der Waals surface area contributed by atoms with Gasteiger partial charge in [0.05, 0.1) is 47.1 Å². The topological polar surface area (TPSA) is 82.6 Å². The molecule has 0 aliphatic heterocycles. The summed E-state index contributed by atoms with van der Waals surface area (Å²) in [5, 5.41) is 6.53. The smallest absolute Gasteiger partial charge is 0.191 e. The molecule has 0 aliphatic carbocycles. The summed E-state index contributed by atoms with van der Waals surface area (Å²) in [7, 11) is 8.16. The van der Waals surface area contributed by atoms with Crippen molar-refractivity contribution in [3.63, 3.8) is 0 Å². The lowest BCUT2D eigenvalue weighted by molar-refractivity contribution is 0.213. The van der Waals surface area contributed by atoms with Gasteiger partial charge in [-0.1, -0.05) is 12.1 Å². The predicted octanol–water partition coefficient (Wildman–Crippen LogP) is 2.85. The number of ether oxygens (including phenoxy) is 5. The first-order chi connectivity index (χ1) is 14.6. The van der Waals surface area contributed by atoms with Gasteiger partial charge in [0.15, 0.2) is 17.5 Å².